The number of aliphatic hydroxyl groups excluding tert-OH is 1. The number of amides is 1. The molecule has 176 valence electrons. The first-order valence-electron chi connectivity index (χ1n) is 11.5. The van der Waals surface area contributed by atoms with Crippen LogP contribution in [-0.4, -0.2) is 56.3 Å². The van der Waals surface area contributed by atoms with Gasteiger partial charge in [0.1, 0.15) is 0 Å². The number of ether oxygens (including phenoxy) is 3. The van der Waals surface area contributed by atoms with E-state index in [1.807, 2.05) is 37.3 Å². The molecule has 1 aliphatic carbocycles. The zero-order valence-corrected chi connectivity index (χ0v) is 19.5. The van der Waals surface area contributed by atoms with Crippen LogP contribution in [0.15, 0.2) is 41.4 Å². The van der Waals surface area contributed by atoms with Crippen molar-refractivity contribution >= 4 is 17.3 Å². The predicted molar refractivity (Wildman–Crippen MR) is 128 cm³/mol. The SMILES string of the molecule is CCOc1cc2c(cc1OC)C(c1ccc(NC(=O)CCOC)cc1)=NC1CCC(O)CC21. The molecule has 1 saturated carbocycles. The third-order valence-corrected chi connectivity index (χ3v) is 6.35. The number of methoxy groups -OCH3 is 2. The molecule has 7 nitrogen and oxygen atoms in total. The fourth-order valence-electron chi connectivity index (χ4n) is 4.73. The molecular weight excluding hydrogens is 420 g/mol. The molecule has 33 heavy (non-hydrogen) atoms. The number of nitrogens with one attached hydrogen (secondary N) is 1. The summed E-state index contributed by atoms with van der Waals surface area (Å²) < 4.78 is 16.4. The lowest BCUT2D eigenvalue weighted by molar-refractivity contribution is -0.117. The van der Waals surface area contributed by atoms with Crippen molar-refractivity contribution in [3.8, 4) is 11.5 Å². The highest BCUT2D eigenvalue weighted by Crippen LogP contribution is 2.45. The van der Waals surface area contributed by atoms with Crippen LogP contribution in [0.2, 0.25) is 0 Å². The monoisotopic (exact) mass is 452 g/mol. The van der Waals surface area contributed by atoms with Gasteiger partial charge >= 0.3 is 0 Å². The molecular formula is C26H32N2O5. The summed E-state index contributed by atoms with van der Waals surface area (Å²) in [6.07, 6.45) is 2.30. The molecule has 4 rings (SSSR count). The molecule has 3 atom stereocenters. The van der Waals surface area contributed by atoms with Gasteiger partial charge < -0.3 is 24.6 Å². The number of hydrogen-bond acceptors (Lipinski definition) is 6. The maximum absolute atomic E-state index is 12.0. The average molecular weight is 453 g/mol. The number of anilines is 1. The second-order valence-electron chi connectivity index (χ2n) is 8.51. The van der Waals surface area contributed by atoms with Crippen LogP contribution in [-0.2, 0) is 9.53 Å². The van der Waals surface area contributed by atoms with Gasteiger partial charge in [0, 0.05) is 29.8 Å². The van der Waals surface area contributed by atoms with E-state index in [4.69, 9.17) is 19.2 Å². The molecule has 1 fully saturated rings. The van der Waals surface area contributed by atoms with Crippen molar-refractivity contribution in [1.29, 1.82) is 0 Å². The molecule has 2 aromatic carbocycles. The molecule has 2 aliphatic rings. The molecule has 0 radical (unpaired) electrons. The number of aliphatic imine (C=N–C) groups is 1. The van der Waals surface area contributed by atoms with Gasteiger partial charge in [0.2, 0.25) is 5.91 Å². The van der Waals surface area contributed by atoms with Crippen LogP contribution in [0.1, 0.15) is 55.2 Å². The second kappa shape index (κ2) is 10.4. The normalized spacial score (nSPS) is 21.5. The molecule has 0 aromatic heterocycles. The molecule has 0 bridgehead atoms. The molecule has 3 unspecified atom stereocenters. The summed E-state index contributed by atoms with van der Waals surface area (Å²) in [7, 11) is 3.22. The van der Waals surface area contributed by atoms with Crippen molar-refractivity contribution in [2.24, 2.45) is 4.99 Å². The summed E-state index contributed by atoms with van der Waals surface area (Å²) in [5, 5.41) is 13.2. The summed E-state index contributed by atoms with van der Waals surface area (Å²) in [4.78, 5) is 17.1. The molecule has 1 amide bonds. The summed E-state index contributed by atoms with van der Waals surface area (Å²) in [6.45, 7) is 2.89. The van der Waals surface area contributed by atoms with Crippen molar-refractivity contribution in [1.82, 2.24) is 0 Å². The van der Waals surface area contributed by atoms with Crippen molar-refractivity contribution in [2.45, 2.75) is 50.7 Å². The Labute approximate surface area is 194 Å². The number of fused-ring (bicyclic) bond motifs is 3. The lowest BCUT2D eigenvalue weighted by Crippen LogP contribution is -2.34. The van der Waals surface area contributed by atoms with Crippen LogP contribution >= 0.6 is 0 Å². The third kappa shape index (κ3) is 5.04. The van der Waals surface area contributed by atoms with Gasteiger partial charge in [0.15, 0.2) is 11.5 Å². The van der Waals surface area contributed by atoms with E-state index in [1.165, 1.54) is 0 Å². The van der Waals surface area contributed by atoms with E-state index in [0.717, 1.165) is 40.9 Å². The molecule has 0 spiro atoms. The lowest BCUT2D eigenvalue weighted by Gasteiger charge is -2.37. The van der Waals surface area contributed by atoms with Gasteiger partial charge in [-0.1, -0.05) is 12.1 Å². The van der Waals surface area contributed by atoms with Gasteiger partial charge in [-0.2, -0.15) is 0 Å². The quantitative estimate of drug-likeness (QED) is 0.634. The predicted octanol–water partition coefficient (Wildman–Crippen LogP) is 3.92. The maximum Gasteiger partial charge on any atom is 0.226 e. The molecule has 2 N–H and O–H groups in total. The van der Waals surface area contributed by atoms with Crippen molar-refractivity contribution in [3.63, 3.8) is 0 Å². The Hall–Kier alpha value is -2.90. The van der Waals surface area contributed by atoms with Gasteiger partial charge in [-0.25, -0.2) is 0 Å². The zero-order valence-electron chi connectivity index (χ0n) is 19.5. The fourth-order valence-corrected chi connectivity index (χ4v) is 4.73. The smallest absolute Gasteiger partial charge is 0.226 e. The van der Waals surface area contributed by atoms with E-state index in [2.05, 4.69) is 11.4 Å². The Morgan fingerprint density at radius 1 is 1.15 bits per heavy atom. The number of aliphatic hydroxyl groups is 1. The largest absolute Gasteiger partial charge is 0.493 e. The minimum absolute atomic E-state index is 0.0817. The van der Waals surface area contributed by atoms with E-state index in [9.17, 15) is 9.90 Å². The van der Waals surface area contributed by atoms with Crippen LogP contribution in [0.5, 0.6) is 11.5 Å². The fraction of sp³-hybridized carbons (Fsp3) is 0.462. The minimum Gasteiger partial charge on any atom is -0.493 e. The van der Waals surface area contributed by atoms with Crippen molar-refractivity contribution < 1.29 is 24.1 Å². The lowest BCUT2D eigenvalue weighted by atomic mass is 9.74. The summed E-state index contributed by atoms with van der Waals surface area (Å²) >= 11 is 0. The number of rotatable bonds is 8. The van der Waals surface area contributed by atoms with Crippen LogP contribution in [0.3, 0.4) is 0 Å². The summed E-state index contributed by atoms with van der Waals surface area (Å²) in [5.74, 6) is 1.45. The van der Waals surface area contributed by atoms with Gasteiger partial charge in [-0.3, -0.25) is 9.79 Å². The topological polar surface area (TPSA) is 89.4 Å². The molecule has 7 heteroatoms. The highest BCUT2D eigenvalue weighted by atomic mass is 16.5. The number of benzene rings is 2. The van der Waals surface area contributed by atoms with E-state index < -0.39 is 0 Å². The Kier molecular flexibility index (Phi) is 7.30. The van der Waals surface area contributed by atoms with Crippen molar-refractivity contribution in [3.05, 3.63) is 53.1 Å². The van der Waals surface area contributed by atoms with Crippen LogP contribution in [0.4, 0.5) is 5.69 Å². The number of nitrogens with zero attached hydrogens (tertiary/aromatic N) is 1. The second-order valence-corrected chi connectivity index (χ2v) is 8.51. The standard InChI is InChI=1S/C26H32N2O5/c1-4-33-24-14-19-20-13-18(29)9-10-22(20)28-26(21(19)15-23(24)32-3)16-5-7-17(8-6-16)27-25(30)11-12-31-2/h5-8,14-15,18,20,22,29H,4,9-13H2,1-3H3,(H,27,30). The van der Waals surface area contributed by atoms with Gasteiger partial charge in [0.05, 0.1) is 44.6 Å². The minimum atomic E-state index is -0.311. The zero-order chi connectivity index (χ0) is 23.4. The van der Waals surface area contributed by atoms with Gasteiger partial charge in [0.25, 0.3) is 0 Å². The Bertz CT molecular complexity index is 1020. The van der Waals surface area contributed by atoms with E-state index in [-0.39, 0.29) is 24.0 Å². The first-order valence-corrected chi connectivity index (χ1v) is 11.5. The van der Waals surface area contributed by atoms with E-state index in [1.54, 1.807) is 14.2 Å². The first-order chi connectivity index (χ1) is 16.0. The number of carbonyl (C=O) groups is 1. The Balaban J connectivity index is 1.69. The molecule has 2 aromatic rings. The number of carbonyl (C=O) groups excluding carboxylic acids is 1. The molecule has 0 saturated heterocycles. The molecule has 1 aliphatic heterocycles. The van der Waals surface area contributed by atoms with Crippen LogP contribution < -0.4 is 14.8 Å². The first kappa shape index (κ1) is 23.3. The number of hydrogen-bond donors (Lipinski definition) is 2. The molecule has 1 heterocycles. The van der Waals surface area contributed by atoms with E-state index >= 15 is 0 Å². The average Bonchev–Trinajstić information content (AvgIpc) is 2.82. The summed E-state index contributed by atoms with van der Waals surface area (Å²) in [6, 6.07) is 11.9. The van der Waals surface area contributed by atoms with Gasteiger partial charge in [-0.15, -0.1) is 0 Å². The van der Waals surface area contributed by atoms with Crippen LogP contribution in [0, 0.1) is 0 Å². The third-order valence-electron chi connectivity index (χ3n) is 6.35. The highest BCUT2D eigenvalue weighted by Gasteiger charge is 2.37. The Morgan fingerprint density at radius 2 is 1.94 bits per heavy atom. The van der Waals surface area contributed by atoms with Crippen LogP contribution in [0.25, 0.3) is 0 Å². The Morgan fingerprint density at radius 3 is 2.64 bits per heavy atom. The summed E-state index contributed by atoms with van der Waals surface area (Å²) in [5.41, 5.74) is 4.76. The highest BCUT2D eigenvalue weighted by molar-refractivity contribution is 6.15. The van der Waals surface area contributed by atoms with E-state index in [0.29, 0.717) is 37.6 Å². The van der Waals surface area contributed by atoms with Crippen molar-refractivity contribution in [2.75, 3.05) is 32.8 Å². The maximum atomic E-state index is 12.0. The van der Waals surface area contributed by atoms with Gasteiger partial charge in [-0.05, 0) is 56.0 Å².